The van der Waals surface area contributed by atoms with E-state index in [9.17, 15) is 5.11 Å². The first-order valence-electron chi connectivity index (χ1n) is 6.37. The van der Waals surface area contributed by atoms with Crippen molar-refractivity contribution in [3.8, 4) is 5.88 Å². The third-order valence-corrected chi connectivity index (χ3v) is 2.64. The quantitative estimate of drug-likeness (QED) is 0.806. The molecule has 0 bridgehead atoms. The highest BCUT2D eigenvalue weighted by molar-refractivity contribution is 5.31. The molecule has 16 heavy (non-hydrogen) atoms. The van der Waals surface area contributed by atoms with Gasteiger partial charge in [-0.25, -0.2) is 4.68 Å². The number of aryl methyl sites for hydroxylation is 2. The first-order valence-corrected chi connectivity index (χ1v) is 6.37. The van der Waals surface area contributed by atoms with Crippen LogP contribution in [0.15, 0.2) is 0 Å². The molecule has 1 aromatic heterocycles. The van der Waals surface area contributed by atoms with Crippen molar-refractivity contribution < 1.29 is 5.11 Å². The fourth-order valence-corrected chi connectivity index (χ4v) is 1.96. The number of aromatic hydroxyl groups is 1. The average Bonchev–Trinajstić information content (AvgIpc) is 2.47. The maximum Gasteiger partial charge on any atom is 0.212 e. The summed E-state index contributed by atoms with van der Waals surface area (Å²) in [5, 5.41) is 14.6. The monoisotopic (exact) mass is 224 g/mol. The van der Waals surface area contributed by atoms with Crippen LogP contribution in [-0.4, -0.2) is 14.9 Å². The Morgan fingerprint density at radius 3 is 2.44 bits per heavy atom. The number of hydrogen-bond donors (Lipinski definition) is 1. The molecule has 1 heterocycles. The summed E-state index contributed by atoms with van der Waals surface area (Å²) in [7, 11) is 0. The summed E-state index contributed by atoms with van der Waals surface area (Å²) in [6.45, 7) is 9.40. The molecule has 0 atom stereocenters. The highest BCUT2D eigenvalue weighted by atomic mass is 16.3. The molecule has 0 amide bonds. The summed E-state index contributed by atoms with van der Waals surface area (Å²) in [4.78, 5) is 0. The van der Waals surface area contributed by atoms with E-state index >= 15 is 0 Å². The lowest BCUT2D eigenvalue weighted by atomic mass is 10.0. The normalized spacial score (nSPS) is 11.3. The highest BCUT2D eigenvalue weighted by Crippen LogP contribution is 2.25. The van der Waals surface area contributed by atoms with E-state index in [1.54, 1.807) is 4.68 Å². The molecule has 0 saturated carbocycles. The van der Waals surface area contributed by atoms with Crippen LogP contribution in [0.4, 0.5) is 0 Å². The van der Waals surface area contributed by atoms with Crippen LogP contribution in [0.3, 0.4) is 0 Å². The van der Waals surface area contributed by atoms with E-state index in [1.165, 1.54) is 0 Å². The SMILES string of the molecule is CCCc1nn(CCC)c(O)c1CC(C)C. The molecule has 3 nitrogen and oxygen atoms in total. The molecule has 0 saturated heterocycles. The Morgan fingerprint density at radius 2 is 1.94 bits per heavy atom. The maximum absolute atomic E-state index is 10.1. The van der Waals surface area contributed by atoms with Crippen molar-refractivity contribution in [2.24, 2.45) is 5.92 Å². The van der Waals surface area contributed by atoms with Gasteiger partial charge in [0.05, 0.1) is 5.69 Å². The Labute approximate surface area is 98.5 Å². The molecule has 92 valence electrons. The van der Waals surface area contributed by atoms with E-state index in [1.807, 2.05) is 0 Å². The van der Waals surface area contributed by atoms with E-state index in [-0.39, 0.29) is 0 Å². The number of hydrogen-bond acceptors (Lipinski definition) is 2. The molecule has 0 aromatic carbocycles. The van der Waals surface area contributed by atoms with Gasteiger partial charge in [-0.05, 0) is 25.2 Å². The molecule has 0 aliphatic rings. The molecule has 0 radical (unpaired) electrons. The molecular weight excluding hydrogens is 200 g/mol. The van der Waals surface area contributed by atoms with Crippen LogP contribution >= 0.6 is 0 Å². The van der Waals surface area contributed by atoms with Crippen LogP contribution in [-0.2, 0) is 19.4 Å². The standard InChI is InChI=1S/C13H24N2O/c1-5-7-12-11(9-10(3)4)13(16)15(14-12)8-6-2/h10,16H,5-9H2,1-4H3. The molecule has 0 unspecified atom stereocenters. The highest BCUT2D eigenvalue weighted by Gasteiger charge is 2.16. The topological polar surface area (TPSA) is 38.0 Å². The lowest BCUT2D eigenvalue weighted by Gasteiger charge is -2.05. The summed E-state index contributed by atoms with van der Waals surface area (Å²) in [5.41, 5.74) is 2.15. The summed E-state index contributed by atoms with van der Waals surface area (Å²) >= 11 is 0. The van der Waals surface area contributed by atoms with Crippen molar-refractivity contribution in [3.63, 3.8) is 0 Å². The second-order valence-corrected chi connectivity index (χ2v) is 4.82. The van der Waals surface area contributed by atoms with Crippen molar-refractivity contribution in [2.75, 3.05) is 0 Å². The zero-order valence-electron chi connectivity index (χ0n) is 11.0. The number of aromatic nitrogens is 2. The molecule has 3 heteroatoms. The van der Waals surface area contributed by atoms with Gasteiger partial charge in [0.1, 0.15) is 0 Å². The lowest BCUT2D eigenvalue weighted by molar-refractivity contribution is 0.390. The van der Waals surface area contributed by atoms with Gasteiger partial charge in [0.2, 0.25) is 5.88 Å². The average molecular weight is 224 g/mol. The van der Waals surface area contributed by atoms with Gasteiger partial charge in [-0.3, -0.25) is 0 Å². The molecule has 0 aliphatic carbocycles. The van der Waals surface area contributed by atoms with Crippen molar-refractivity contribution in [1.82, 2.24) is 9.78 Å². The third kappa shape index (κ3) is 3.00. The van der Waals surface area contributed by atoms with Crippen LogP contribution in [0.2, 0.25) is 0 Å². The summed E-state index contributed by atoms with van der Waals surface area (Å²) in [6, 6.07) is 0. The van der Waals surface area contributed by atoms with Crippen LogP contribution in [0, 0.1) is 5.92 Å². The maximum atomic E-state index is 10.1. The largest absolute Gasteiger partial charge is 0.493 e. The van der Waals surface area contributed by atoms with E-state index in [0.29, 0.717) is 11.8 Å². The Bertz CT molecular complexity index is 329. The fraction of sp³-hybridized carbons (Fsp3) is 0.769. The second-order valence-electron chi connectivity index (χ2n) is 4.82. The van der Waals surface area contributed by atoms with Crippen molar-refractivity contribution in [3.05, 3.63) is 11.3 Å². The van der Waals surface area contributed by atoms with Crippen LogP contribution < -0.4 is 0 Å². The second kappa shape index (κ2) is 5.92. The van der Waals surface area contributed by atoms with Crippen LogP contribution in [0.25, 0.3) is 0 Å². The third-order valence-electron chi connectivity index (χ3n) is 2.64. The fourth-order valence-electron chi connectivity index (χ4n) is 1.96. The van der Waals surface area contributed by atoms with Crippen LogP contribution in [0.5, 0.6) is 5.88 Å². The first-order chi connectivity index (χ1) is 7.60. The summed E-state index contributed by atoms with van der Waals surface area (Å²) in [6.07, 6.45) is 3.97. The minimum Gasteiger partial charge on any atom is -0.493 e. The predicted octanol–water partition coefficient (Wildman–Crippen LogP) is 3.15. The first kappa shape index (κ1) is 13.1. The van der Waals surface area contributed by atoms with Gasteiger partial charge in [-0.1, -0.05) is 34.1 Å². The summed E-state index contributed by atoms with van der Waals surface area (Å²) in [5.74, 6) is 0.944. The molecule has 0 spiro atoms. The molecule has 1 rings (SSSR count). The van der Waals surface area contributed by atoms with Crippen molar-refractivity contribution >= 4 is 0 Å². The minimum absolute atomic E-state index is 0.388. The van der Waals surface area contributed by atoms with E-state index in [2.05, 4.69) is 32.8 Å². The van der Waals surface area contributed by atoms with Crippen molar-refractivity contribution in [2.45, 2.75) is 59.9 Å². The minimum atomic E-state index is 0.388. The van der Waals surface area contributed by atoms with Gasteiger partial charge in [0, 0.05) is 12.1 Å². The zero-order valence-corrected chi connectivity index (χ0v) is 11.0. The Kier molecular flexibility index (Phi) is 4.84. The van der Waals surface area contributed by atoms with Gasteiger partial charge >= 0.3 is 0 Å². The van der Waals surface area contributed by atoms with Crippen molar-refractivity contribution in [1.29, 1.82) is 0 Å². The van der Waals surface area contributed by atoms with Gasteiger partial charge in [0.25, 0.3) is 0 Å². The molecule has 1 aromatic rings. The zero-order chi connectivity index (χ0) is 12.1. The van der Waals surface area contributed by atoms with E-state index in [4.69, 9.17) is 0 Å². The number of rotatable bonds is 6. The Hall–Kier alpha value is -0.990. The molecular formula is C13H24N2O. The van der Waals surface area contributed by atoms with E-state index in [0.717, 1.165) is 43.5 Å². The van der Waals surface area contributed by atoms with Gasteiger partial charge in [-0.15, -0.1) is 0 Å². The van der Waals surface area contributed by atoms with Gasteiger partial charge in [0.15, 0.2) is 0 Å². The summed E-state index contributed by atoms with van der Waals surface area (Å²) < 4.78 is 1.75. The molecule has 0 fully saturated rings. The lowest BCUT2D eigenvalue weighted by Crippen LogP contribution is -1.98. The van der Waals surface area contributed by atoms with E-state index < -0.39 is 0 Å². The Balaban J connectivity index is 2.99. The predicted molar refractivity (Wildman–Crippen MR) is 66.7 cm³/mol. The molecule has 0 aliphatic heterocycles. The molecule has 1 N–H and O–H groups in total. The smallest absolute Gasteiger partial charge is 0.212 e. The van der Waals surface area contributed by atoms with Gasteiger partial charge < -0.3 is 5.11 Å². The number of nitrogens with zero attached hydrogens (tertiary/aromatic N) is 2. The van der Waals surface area contributed by atoms with Gasteiger partial charge in [-0.2, -0.15) is 5.10 Å². The van der Waals surface area contributed by atoms with Crippen LogP contribution in [0.1, 0.15) is 51.8 Å². The Morgan fingerprint density at radius 1 is 1.25 bits per heavy atom.